The van der Waals surface area contributed by atoms with Crippen LogP contribution in [0.5, 0.6) is 0 Å². The van der Waals surface area contributed by atoms with Crippen LogP contribution in [-0.2, 0) is 21.6 Å². The number of aromatic nitrogens is 1. The lowest BCUT2D eigenvalue weighted by Gasteiger charge is -2.18. The molecule has 0 amide bonds. The maximum absolute atomic E-state index is 14.4. The van der Waals surface area contributed by atoms with Crippen molar-refractivity contribution < 1.29 is 17.2 Å². The van der Waals surface area contributed by atoms with Gasteiger partial charge in [-0.05, 0) is 43.2 Å². The molecule has 3 aromatic rings. The molecular formula is C21H21F2NO2S2. The molecule has 0 saturated carbocycles. The molecule has 1 heterocycles. The Morgan fingerprint density at radius 3 is 2.57 bits per heavy atom. The topological polar surface area (TPSA) is 47.0 Å². The first-order valence-electron chi connectivity index (χ1n) is 8.97. The molecule has 0 N–H and O–H groups in total. The smallest absolute Gasteiger partial charge is 0.128 e. The SMILES string of the molecule is CS(=O)CCCCC(c1cc(F)ccc1F)S(=O)c1ccc2ccccc2n1. The third kappa shape index (κ3) is 5.08. The maximum atomic E-state index is 14.4. The van der Waals surface area contributed by atoms with Crippen molar-refractivity contribution in [3.05, 3.63) is 71.8 Å². The van der Waals surface area contributed by atoms with Gasteiger partial charge in [0.15, 0.2) is 0 Å². The summed E-state index contributed by atoms with van der Waals surface area (Å²) < 4.78 is 52.7. The van der Waals surface area contributed by atoms with E-state index < -0.39 is 38.5 Å². The minimum atomic E-state index is -1.65. The van der Waals surface area contributed by atoms with E-state index in [0.717, 1.165) is 23.6 Å². The van der Waals surface area contributed by atoms with Gasteiger partial charge in [-0.2, -0.15) is 0 Å². The van der Waals surface area contributed by atoms with Crippen LogP contribution in [0.25, 0.3) is 10.9 Å². The fourth-order valence-corrected chi connectivity index (χ4v) is 5.16. The summed E-state index contributed by atoms with van der Waals surface area (Å²) in [5.74, 6) is -0.627. The zero-order valence-corrected chi connectivity index (χ0v) is 17.1. The summed E-state index contributed by atoms with van der Waals surface area (Å²) in [5.41, 5.74) is 0.791. The monoisotopic (exact) mass is 421 g/mol. The number of hydrogen-bond donors (Lipinski definition) is 0. The predicted octanol–water partition coefficient (Wildman–Crippen LogP) is 4.91. The minimum Gasteiger partial charge on any atom is -0.260 e. The summed E-state index contributed by atoms with van der Waals surface area (Å²) in [7, 11) is -2.57. The molecular weight excluding hydrogens is 400 g/mol. The van der Waals surface area contributed by atoms with E-state index >= 15 is 0 Å². The molecule has 28 heavy (non-hydrogen) atoms. The van der Waals surface area contributed by atoms with Crippen LogP contribution in [0.3, 0.4) is 0 Å². The van der Waals surface area contributed by atoms with Gasteiger partial charge < -0.3 is 0 Å². The fraction of sp³-hybridized carbons (Fsp3) is 0.286. The number of hydrogen-bond acceptors (Lipinski definition) is 3. The van der Waals surface area contributed by atoms with Gasteiger partial charge in [-0.15, -0.1) is 0 Å². The minimum absolute atomic E-state index is 0.0888. The van der Waals surface area contributed by atoms with Crippen molar-refractivity contribution in [2.45, 2.75) is 29.5 Å². The van der Waals surface area contributed by atoms with Gasteiger partial charge in [0.05, 0.1) is 21.6 Å². The van der Waals surface area contributed by atoms with Crippen molar-refractivity contribution in [2.24, 2.45) is 0 Å². The molecule has 148 valence electrons. The van der Waals surface area contributed by atoms with E-state index in [1.807, 2.05) is 30.3 Å². The summed E-state index contributed by atoms with van der Waals surface area (Å²) >= 11 is 0. The van der Waals surface area contributed by atoms with Gasteiger partial charge in [-0.3, -0.25) is 8.42 Å². The van der Waals surface area contributed by atoms with E-state index in [-0.39, 0.29) is 5.56 Å². The van der Waals surface area contributed by atoms with Gasteiger partial charge in [-0.1, -0.05) is 30.7 Å². The average Bonchev–Trinajstić information content (AvgIpc) is 2.69. The second kappa shape index (κ2) is 9.47. The number of para-hydroxylation sites is 1. The van der Waals surface area contributed by atoms with Gasteiger partial charge in [0.25, 0.3) is 0 Å². The first kappa shape index (κ1) is 20.7. The van der Waals surface area contributed by atoms with Crippen LogP contribution in [0, 0.1) is 11.6 Å². The highest BCUT2D eigenvalue weighted by atomic mass is 32.2. The van der Waals surface area contributed by atoms with Crippen LogP contribution < -0.4 is 0 Å². The second-order valence-corrected chi connectivity index (χ2v) is 9.70. The molecule has 3 nitrogen and oxygen atoms in total. The Morgan fingerprint density at radius 2 is 1.79 bits per heavy atom. The molecule has 0 aliphatic heterocycles. The first-order valence-corrected chi connectivity index (χ1v) is 11.9. The van der Waals surface area contributed by atoms with Crippen molar-refractivity contribution in [1.29, 1.82) is 0 Å². The third-order valence-corrected chi connectivity index (χ3v) is 7.00. The lowest BCUT2D eigenvalue weighted by atomic mass is 10.1. The number of halogens is 2. The molecule has 0 aliphatic rings. The van der Waals surface area contributed by atoms with Crippen LogP contribution in [0.1, 0.15) is 30.1 Å². The fourth-order valence-electron chi connectivity index (χ4n) is 3.08. The number of fused-ring (bicyclic) bond motifs is 1. The number of rotatable bonds is 8. The van der Waals surface area contributed by atoms with E-state index in [4.69, 9.17) is 0 Å². The maximum Gasteiger partial charge on any atom is 0.128 e. The highest BCUT2D eigenvalue weighted by molar-refractivity contribution is 7.85. The van der Waals surface area contributed by atoms with Gasteiger partial charge in [0.1, 0.15) is 16.7 Å². The van der Waals surface area contributed by atoms with Crippen LogP contribution in [-0.4, -0.2) is 25.4 Å². The normalized spacial score (nSPS) is 14.7. The number of unbranched alkanes of at least 4 members (excludes halogenated alkanes) is 1. The Hall–Kier alpha value is -1.99. The lowest BCUT2D eigenvalue weighted by molar-refractivity contribution is 0.568. The number of nitrogens with zero attached hydrogens (tertiary/aromatic N) is 1. The van der Waals surface area contributed by atoms with E-state index in [1.165, 1.54) is 0 Å². The molecule has 0 radical (unpaired) electrons. The van der Waals surface area contributed by atoms with Crippen molar-refractivity contribution in [2.75, 3.05) is 12.0 Å². The summed E-state index contributed by atoms with van der Waals surface area (Å²) in [6.07, 6.45) is 3.29. The molecule has 0 spiro atoms. The lowest BCUT2D eigenvalue weighted by Crippen LogP contribution is -2.11. The largest absolute Gasteiger partial charge is 0.260 e. The van der Waals surface area contributed by atoms with Gasteiger partial charge in [-0.25, -0.2) is 13.8 Å². The molecule has 0 bridgehead atoms. The Labute approximate surface area is 168 Å². The van der Waals surface area contributed by atoms with Crippen molar-refractivity contribution in [1.82, 2.24) is 4.98 Å². The quantitative estimate of drug-likeness (QED) is 0.486. The highest BCUT2D eigenvalue weighted by Crippen LogP contribution is 2.32. The molecule has 3 unspecified atom stereocenters. The molecule has 1 aromatic heterocycles. The van der Waals surface area contributed by atoms with Gasteiger partial charge >= 0.3 is 0 Å². The van der Waals surface area contributed by atoms with Gasteiger partial charge in [0.2, 0.25) is 0 Å². The summed E-state index contributed by atoms with van der Waals surface area (Å²) in [5, 5.41) is 0.531. The summed E-state index contributed by atoms with van der Waals surface area (Å²) in [4.78, 5) is 4.47. The number of pyridine rings is 1. The molecule has 2 aromatic carbocycles. The van der Waals surface area contributed by atoms with E-state index in [0.29, 0.717) is 35.6 Å². The Kier molecular flexibility index (Phi) is 7.02. The molecule has 0 fully saturated rings. The molecule has 3 atom stereocenters. The van der Waals surface area contributed by atoms with E-state index in [9.17, 15) is 17.2 Å². The van der Waals surface area contributed by atoms with Crippen LogP contribution >= 0.6 is 0 Å². The molecule has 3 rings (SSSR count). The highest BCUT2D eigenvalue weighted by Gasteiger charge is 2.25. The molecule has 0 saturated heterocycles. The van der Waals surface area contributed by atoms with Crippen molar-refractivity contribution in [3.63, 3.8) is 0 Å². The third-order valence-electron chi connectivity index (χ3n) is 4.49. The van der Waals surface area contributed by atoms with Gasteiger partial charge in [0, 0.05) is 33.8 Å². The van der Waals surface area contributed by atoms with Crippen LogP contribution in [0.4, 0.5) is 8.78 Å². The standard InChI is InChI=1S/C21H21F2NO2S2/c1-27(25)13-5-4-8-20(17-14-16(22)10-11-18(17)23)28(26)21-12-9-15-6-2-3-7-19(15)24-21/h2-3,6-7,9-12,14,20H,4-5,8,13H2,1H3. The summed E-state index contributed by atoms with van der Waals surface area (Å²) in [6, 6.07) is 14.2. The van der Waals surface area contributed by atoms with Crippen molar-refractivity contribution >= 4 is 32.5 Å². The Balaban J connectivity index is 1.92. The van der Waals surface area contributed by atoms with E-state index in [1.54, 1.807) is 12.3 Å². The molecule has 7 heteroatoms. The first-order chi connectivity index (χ1) is 13.5. The predicted molar refractivity (Wildman–Crippen MR) is 110 cm³/mol. The second-order valence-electron chi connectivity index (χ2n) is 6.57. The summed E-state index contributed by atoms with van der Waals surface area (Å²) in [6.45, 7) is 0. The zero-order valence-electron chi connectivity index (χ0n) is 15.4. The van der Waals surface area contributed by atoms with E-state index in [2.05, 4.69) is 4.98 Å². The Morgan fingerprint density at radius 1 is 1.00 bits per heavy atom. The number of benzene rings is 2. The van der Waals surface area contributed by atoms with Crippen LogP contribution in [0.15, 0.2) is 59.6 Å². The average molecular weight is 422 g/mol. The van der Waals surface area contributed by atoms with Crippen molar-refractivity contribution in [3.8, 4) is 0 Å². The Bertz CT molecular complexity index is 1030. The van der Waals surface area contributed by atoms with Crippen LogP contribution in [0.2, 0.25) is 0 Å². The molecule has 0 aliphatic carbocycles. The zero-order chi connectivity index (χ0) is 20.1.